The largest absolute Gasteiger partial charge is 0.508 e. The molecule has 0 heterocycles. The molecule has 3 N–H and O–H groups in total. The summed E-state index contributed by atoms with van der Waals surface area (Å²) in [5, 5.41) is 20.9. The number of hydrogen-bond donors (Lipinski definition) is 3. The molecule has 5 heteroatoms. The molecule has 2 aromatic carbocycles. The third kappa shape index (κ3) is 2.95. The zero-order chi connectivity index (χ0) is 14.7. The summed E-state index contributed by atoms with van der Waals surface area (Å²) < 4.78 is 0. The van der Waals surface area contributed by atoms with Gasteiger partial charge in [-0.25, -0.2) is 4.79 Å². The van der Waals surface area contributed by atoms with Gasteiger partial charge in [0.25, 0.3) is 5.91 Å². The smallest absolute Gasteiger partial charge is 0.335 e. The fraction of sp³-hybridized carbons (Fsp3) is 0.0667. The number of aryl methyl sites for hydroxylation is 1. The Balaban J connectivity index is 2.20. The Kier molecular flexibility index (Phi) is 3.70. The first kappa shape index (κ1) is 13.6. The van der Waals surface area contributed by atoms with Crippen LogP contribution < -0.4 is 5.32 Å². The first-order valence-electron chi connectivity index (χ1n) is 5.91. The van der Waals surface area contributed by atoms with E-state index in [1.165, 1.54) is 24.3 Å². The van der Waals surface area contributed by atoms with Gasteiger partial charge in [-0.05, 0) is 48.9 Å². The summed E-state index contributed by atoms with van der Waals surface area (Å²) in [6.07, 6.45) is 0. The molecule has 0 unspecified atom stereocenters. The fourth-order valence-corrected chi connectivity index (χ4v) is 1.83. The highest BCUT2D eigenvalue weighted by molar-refractivity contribution is 6.04. The van der Waals surface area contributed by atoms with Crippen molar-refractivity contribution in [3.63, 3.8) is 0 Å². The van der Waals surface area contributed by atoms with Crippen molar-refractivity contribution in [2.45, 2.75) is 6.92 Å². The lowest BCUT2D eigenvalue weighted by molar-refractivity contribution is 0.0696. The summed E-state index contributed by atoms with van der Waals surface area (Å²) in [7, 11) is 0. The highest BCUT2D eigenvalue weighted by Gasteiger charge is 2.10. The molecule has 0 aliphatic carbocycles. The van der Waals surface area contributed by atoms with E-state index in [0.717, 1.165) is 0 Å². The second kappa shape index (κ2) is 5.44. The Hall–Kier alpha value is -2.82. The monoisotopic (exact) mass is 271 g/mol. The van der Waals surface area contributed by atoms with E-state index in [9.17, 15) is 14.7 Å². The molecule has 0 spiro atoms. The van der Waals surface area contributed by atoms with Crippen molar-refractivity contribution in [3.8, 4) is 5.75 Å². The molecular formula is C15H13NO4. The molecular weight excluding hydrogens is 258 g/mol. The molecule has 1 amide bonds. The zero-order valence-corrected chi connectivity index (χ0v) is 10.8. The second-order valence-electron chi connectivity index (χ2n) is 4.34. The van der Waals surface area contributed by atoms with Gasteiger partial charge in [0.05, 0.1) is 5.56 Å². The number of aromatic hydroxyl groups is 1. The number of amides is 1. The van der Waals surface area contributed by atoms with Crippen LogP contribution in [0.4, 0.5) is 5.69 Å². The minimum absolute atomic E-state index is 0.00931. The lowest BCUT2D eigenvalue weighted by Crippen LogP contribution is -2.12. The summed E-state index contributed by atoms with van der Waals surface area (Å²) >= 11 is 0. The highest BCUT2D eigenvalue weighted by atomic mass is 16.4. The van der Waals surface area contributed by atoms with Gasteiger partial charge < -0.3 is 15.5 Å². The molecule has 5 nitrogen and oxygen atoms in total. The Morgan fingerprint density at radius 2 is 1.85 bits per heavy atom. The van der Waals surface area contributed by atoms with Gasteiger partial charge in [0, 0.05) is 11.3 Å². The maximum Gasteiger partial charge on any atom is 0.335 e. The molecule has 0 atom stereocenters. The second-order valence-corrected chi connectivity index (χ2v) is 4.34. The Morgan fingerprint density at radius 1 is 1.10 bits per heavy atom. The molecule has 0 aliphatic heterocycles. The van der Waals surface area contributed by atoms with Gasteiger partial charge in [-0.2, -0.15) is 0 Å². The minimum Gasteiger partial charge on any atom is -0.508 e. The highest BCUT2D eigenvalue weighted by Crippen LogP contribution is 2.17. The molecule has 2 rings (SSSR count). The van der Waals surface area contributed by atoms with Gasteiger partial charge in [0.1, 0.15) is 5.75 Å². The summed E-state index contributed by atoms with van der Waals surface area (Å²) in [4.78, 5) is 22.9. The third-order valence-corrected chi connectivity index (χ3v) is 2.82. The van der Waals surface area contributed by atoms with Crippen molar-refractivity contribution in [1.29, 1.82) is 0 Å². The third-order valence-electron chi connectivity index (χ3n) is 2.82. The number of carboxylic acid groups (broad SMARTS) is 1. The summed E-state index contributed by atoms with van der Waals surface area (Å²) in [6, 6.07) is 10.5. The molecule has 2 aromatic rings. The Morgan fingerprint density at radius 3 is 2.45 bits per heavy atom. The van der Waals surface area contributed by atoms with E-state index >= 15 is 0 Å². The van der Waals surface area contributed by atoms with Crippen molar-refractivity contribution >= 4 is 17.6 Å². The molecule has 20 heavy (non-hydrogen) atoms. The van der Waals surface area contributed by atoms with Crippen LogP contribution in [0.5, 0.6) is 5.75 Å². The van der Waals surface area contributed by atoms with Crippen LogP contribution in [-0.2, 0) is 0 Å². The van der Waals surface area contributed by atoms with E-state index in [4.69, 9.17) is 5.11 Å². The molecule has 0 fully saturated rings. The van der Waals surface area contributed by atoms with Gasteiger partial charge in [-0.1, -0.05) is 6.07 Å². The quantitative estimate of drug-likeness (QED) is 0.801. The van der Waals surface area contributed by atoms with Crippen molar-refractivity contribution in [3.05, 3.63) is 59.2 Å². The molecule has 0 saturated carbocycles. The van der Waals surface area contributed by atoms with Crippen LogP contribution in [0, 0.1) is 6.92 Å². The minimum atomic E-state index is -1.01. The van der Waals surface area contributed by atoms with Gasteiger partial charge in [-0.15, -0.1) is 0 Å². The van der Waals surface area contributed by atoms with Crippen molar-refractivity contribution < 1.29 is 19.8 Å². The number of anilines is 1. The number of aromatic carboxylic acids is 1. The molecule has 0 bridgehead atoms. The van der Waals surface area contributed by atoms with Gasteiger partial charge in [0.2, 0.25) is 0 Å². The van der Waals surface area contributed by atoms with E-state index in [-0.39, 0.29) is 17.2 Å². The molecule has 0 radical (unpaired) electrons. The maximum absolute atomic E-state index is 12.0. The van der Waals surface area contributed by atoms with Crippen LogP contribution in [0.15, 0.2) is 42.5 Å². The van der Waals surface area contributed by atoms with Crippen LogP contribution in [0.25, 0.3) is 0 Å². The number of phenolic OH excluding ortho intramolecular Hbond substituents is 1. The van der Waals surface area contributed by atoms with E-state index in [1.807, 2.05) is 0 Å². The average molecular weight is 271 g/mol. The van der Waals surface area contributed by atoms with Crippen molar-refractivity contribution in [1.82, 2.24) is 0 Å². The lowest BCUT2D eigenvalue weighted by atomic mass is 10.1. The molecule has 0 aromatic heterocycles. The SMILES string of the molecule is Cc1cc(NC(=O)c2cccc(O)c2)ccc1C(=O)O. The van der Waals surface area contributed by atoms with E-state index in [1.54, 1.807) is 25.1 Å². The van der Waals surface area contributed by atoms with Gasteiger partial charge in [0.15, 0.2) is 0 Å². The summed E-state index contributed by atoms with van der Waals surface area (Å²) in [6.45, 7) is 1.66. The van der Waals surface area contributed by atoms with Crippen LogP contribution in [0.1, 0.15) is 26.3 Å². The number of phenols is 1. The van der Waals surface area contributed by atoms with E-state index in [2.05, 4.69) is 5.32 Å². The number of carbonyl (C=O) groups is 2. The average Bonchev–Trinajstić information content (AvgIpc) is 2.38. The zero-order valence-electron chi connectivity index (χ0n) is 10.8. The van der Waals surface area contributed by atoms with E-state index in [0.29, 0.717) is 16.8 Å². The first-order valence-corrected chi connectivity index (χ1v) is 5.91. The fourth-order valence-electron chi connectivity index (χ4n) is 1.83. The number of carbonyl (C=O) groups excluding carboxylic acids is 1. The van der Waals surface area contributed by atoms with Crippen LogP contribution >= 0.6 is 0 Å². The standard InChI is InChI=1S/C15H13NO4/c1-9-7-11(5-6-13(9)15(19)20)16-14(18)10-3-2-4-12(17)8-10/h2-8,17H,1H3,(H,16,18)(H,19,20). The summed E-state index contributed by atoms with van der Waals surface area (Å²) in [5.74, 6) is -1.37. The number of rotatable bonds is 3. The van der Waals surface area contributed by atoms with Gasteiger partial charge in [-0.3, -0.25) is 4.79 Å². The van der Waals surface area contributed by atoms with Crippen LogP contribution in [0.2, 0.25) is 0 Å². The number of hydrogen-bond acceptors (Lipinski definition) is 3. The summed E-state index contributed by atoms with van der Waals surface area (Å²) in [5.41, 5.74) is 1.58. The Bertz CT molecular complexity index is 679. The number of benzene rings is 2. The Labute approximate surface area is 115 Å². The maximum atomic E-state index is 12.0. The van der Waals surface area contributed by atoms with Crippen LogP contribution in [0.3, 0.4) is 0 Å². The molecule has 0 aliphatic rings. The lowest BCUT2D eigenvalue weighted by Gasteiger charge is -2.08. The van der Waals surface area contributed by atoms with E-state index < -0.39 is 5.97 Å². The first-order chi connectivity index (χ1) is 9.47. The predicted molar refractivity (Wildman–Crippen MR) is 74.2 cm³/mol. The predicted octanol–water partition coefficient (Wildman–Crippen LogP) is 2.65. The normalized spacial score (nSPS) is 10.1. The van der Waals surface area contributed by atoms with Crippen molar-refractivity contribution in [2.24, 2.45) is 0 Å². The van der Waals surface area contributed by atoms with Crippen molar-refractivity contribution in [2.75, 3.05) is 5.32 Å². The molecule has 0 saturated heterocycles. The van der Waals surface area contributed by atoms with Gasteiger partial charge >= 0.3 is 5.97 Å². The topological polar surface area (TPSA) is 86.6 Å². The van der Waals surface area contributed by atoms with Crippen LogP contribution in [-0.4, -0.2) is 22.1 Å². The molecule has 102 valence electrons. The number of nitrogens with one attached hydrogen (secondary N) is 1. The number of carboxylic acids is 1.